The Morgan fingerprint density at radius 3 is 2.59 bits per heavy atom. The number of hydrogen-bond donors (Lipinski definition) is 1. The molecule has 0 fully saturated rings. The van der Waals surface area contributed by atoms with Crippen molar-refractivity contribution in [1.82, 2.24) is 9.97 Å². The zero-order valence-corrected chi connectivity index (χ0v) is 15.4. The van der Waals surface area contributed by atoms with Crippen LogP contribution in [0.3, 0.4) is 0 Å². The number of carbonyl (C=O) groups is 1. The molecule has 4 rings (SSSR count). The van der Waals surface area contributed by atoms with E-state index in [1.807, 2.05) is 37.3 Å². The van der Waals surface area contributed by atoms with Gasteiger partial charge in [0.1, 0.15) is 5.52 Å². The molecule has 2 aromatic heterocycles. The first kappa shape index (κ1) is 17.0. The van der Waals surface area contributed by atoms with Crippen LogP contribution < -0.4 is 5.32 Å². The highest BCUT2D eigenvalue weighted by atomic mass is 16.3. The zero-order valence-electron chi connectivity index (χ0n) is 15.4. The molecule has 5 nitrogen and oxygen atoms in total. The summed E-state index contributed by atoms with van der Waals surface area (Å²) >= 11 is 0. The number of rotatable bonds is 3. The maximum absolute atomic E-state index is 12.4. The third-order valence-electron chi connectivity index (χ3n) is 4.66. The number of pyridine rings is 1. The van der Waals surface area contributed by atoms with Crippen LogP contribution in [0.15, 0.2) is 59.3 Å². The normalized spacial score (nSPS) is 10.9. The Morgan fingerprint density at radius 1 is 1.00 bits per heavy atom. The molecule has 2 heterocycles. The molecule has 0 saturated heterocycles. The van der Waals surface area contributed by atoms with Crippen molar-refractivity contribution >= 4 is 22.7 Å². The van der Waals surface area contributed by atoms with Crippen molar-refractivity contribution in [2.75, 3.05) is 5.32 Å². The lowest BCUT2D eigenvalue weighted by atomic mass is 10.1. The number of nitrogens with zero attached hydrogens (tertiary/aromatic N) is 2. The molecule has 0 atom stereocenters. The number of aromatic nitrogens is 2. The minimum absolute atomic E-state index is 0.202. The molecule has 1 amide bonds. The summed E-state index contributed by atoms with van der Waals surface area (Å²) in [4.78, 5) is 21.0. The van der Waals surface area contributed by atoms with Gasteiger partial charge < -0.3 is 9.73 Å². The summed E-state index contributed by atoms with van der Waals surface area (Å²) in [6.07, 6.45) is 3.18. The monoisotopic (exact) mass is 357 g/mol. The highest BCUT2D eigenvalue weighted by Crippen LogP contribution is 2.29. The molecule has 5 heteroatoms. The number of amides is 1. The summed E-state index contributed by atoms with van der Waals surface area (Å²) in [7, 11) is 0. The van der Waals surface area contributed by atoms with Gasteiger partial charge in [-0.2, -0.15) is 0 Å². The minimum Gasteiger partial charge on any atom is -0.436 e. The van der Waals surface area contributed by atoms with E-state index in [9.17, 15) is 4.79 Å². The molecule has 134 valence electrons. The van der Waals surface area contributed by atoms with E-state index in [1.165, 1.54) is 11.1 Å². The molecule has 0 aliphatic heterocycles. The number of hydrogen-bond acceptors (Lipinski definition) is 4. The van der Waals surface area contributed by atoms with E-state index in [1.54, 1.807) is 24.5 Å². The second-order valence-electron chi connectivity index (χ2n) is 6.65. The molecular weight excluding hydrogens is 338 g/mol. The predicted molar refractivity (Wildman–Crippen MR) is 106 cm³/mol. The van der Waals surface area contributed by atoms with Crippen molar-refractivity contribution in [3.8, 4) is 11.5 Å². The lowest BCUT2D eigenvalue weighted by Crippen LogP contribution is -2.13. The van der Waals surface area contributed by atoms with Gasteiger partial charge in [-0.15, -0.1) is 0 Å². The highest BCUT2D eigenvalue weighted by Gasteiger charge is 2.13. The maximum Gasteiger partial charge on any atom is 0.257 e. The third kappa shape index (κ3) is 3.31. The zero-order chi connectivity index (χ0) is 19.0. The fraction of sp³-hybridized carbons (Fsp3) is 0.136. The molecule has 1 N–H and O–H groups in total. The van der Waals surface area contributed by atoms with Crippen molar-refractivity contribution in [2.24, 2.45) is 0 Å². The van der Waals surface area contributed by atoms with Gasteiger partial charge in [-0.25, -0.2) is 4.98 Å². The lowest BCUT2D eigenvalue weighted by Gasteiger charge is -2.09. The van der Waals surface area contributed by atoms with Crippen LogP contribution in [0, 0.1) is 20.8 Å². The summed E-state index contributed by atoms with van der Waals surface area (Å²) in [5, 5.41) is 2.94. The SMILES string of the molecule is Cc1cc2nc(-c3ccc(C)c(NC(=O)c4cccnc4)c3)oc2cc1C. The fourth-order valence-electron chi connectivity index (χ4n) is 2.88. The molecular formula is C22H19N3O2. The number of aryl methyl sites for hydroxylation is 3. The Kier molecular flexibility index (Phi) is 4.20. The first-order valence-electron chi connectivity index (χ1n) is 8.71. The van der Waals surface area contributed by atoms with Gasteiger partial charge in [0, 0.05) is 23.6 Å². The third-order valence-corrected chi connectivity index (χ3v) is 4.66. The van der Waals surface area contributed by atoms with Crippen LogP contribution in [0.1, 0.15) is 27.0 Å². The average molecular weight is 357 g/mol. The molecule has 27 heavy (non-hydrogen) atoms. The summed E-state index contributed by atoms with van der Waals surface area (Å²) < 4.78 is 5.94. The van der Waals surface area contributed by atoms with Gasteiger partial charge in [0.05, 0.1) is 5.56 Å². The van der Waals surface area contributed by atoms with Gasteiger partial charge in [0.15, 0.2) is 5.58 Å². The Hall–Kier alpha value is -3.47. The average Bonchev–Trinajstić information content (AvgIpc) is 3.07. The quantitative estimate of drug-likeness (QED) is 0.556. The van der Waals surface area contributed by atoms with Gasteiger partial charge in [-0.05, 0) is 73.9 Å². The topological polar surface area (TPSA) is 68.0 Å². The van der Waals surface area contributed by atoms with Crippen LogP contribution in [0.25, 0.3) is 22.6 Å². The molecule has 2 aromatic carbocycles. The largest absolute Gasteiger partial charge is 0.436 e. The Balaban J connectivity index is 1.69. The maximum atomic E-state index is 12.4. The van der Waals surface area contributed by atoms with E-state index in [0.29, 0.717) is 11.5 Å². The standard InChI is InChI=1S/C22H19N3O2/c1-13-6-7-16(11-18(13)24-21(26)17-5-4-8-23-12-17)22-25-19-9-14(2)15(3)10-20(19)27-22/h4-12H,1-3H3,(H,24,26). The van der Waals surface area contributed by atoms with Gasteiger partial charge >= 0.3 is 0 Å². The summed E-state index contributed by atoms with van der Waals surface area (Å²) in [6, 6.07) is 13.3. The van der Waals surface area contributed by atoms with Crippen LogP contribution in [0.4, 0.5) is 5.69 Å². The second-order valence-corrected chi connectivity index (χ2v) is 6.65. The Morgan fingerprint density at radius 2 is 1.81 bits per heavy atom. The van der Waals surface area contributed by atoms with Crippen LogP contribution in [0.2, 0.25) is 0 Å². The van der Waals surface area contributed by atoms with Gasteiger partial charge in [0.25, 0.3) is 5.91 Å². The number of oxazole rings is 1. The Labute approximate surface area is 157 Å². The van der Waals surface area contributed by atoms with E-state index in [4.69, 9.17) is 4.42 Å². The smallest absolute Gasteiger partial charge is 0.257 e. The summed E-state index contributed by atoms with van der Waals surface area (Å²) in [6.45, 7) is 6.05. The van der Waals surface area contributed by atoms with Crippen LogP contribution in [0.5, 0.6) is 0 Å². The van der Waals surface area contributed by atoms with Crippen molar-refractivity contribution in [1.29, 1.82) is 0 Å². The highest BCUT2D eigenvalue weighted by molar-refractivity contribution is 6.04. The van der Waals surface area contributed by atoms with E-state index >= 15 is 0 Å². The van der Waals surface area contributed by atoms with E-state index in [-0.39, 0.29) is 5.91 Å². The number of fused-ring (bicyclic) bond motifs is 1. The summed E-state index contributed by atoms with van der Waals surface area (Å²) in [5.74, 6) is 0.332. The molecule has 0 radical (unpaired) electrons. The van der Waals surface area contributed by atoms with Crippen LogP contribution in [-0.2, 0) is 0 Å². The predicted octanol–water partition coefficient (Wildman–Crippen LogP) is 5.07. The minimum atomic E-state index is -0.202. The number of anilines is 1. The molecule has 0 spiro atoms. The second kappa shape index (κ2) is 6.68. The van der Waals surface area contributed by atoms with Gasteiger partial charge in [-0.1, -0.05) is 6.07 Å². The first-order chi connectivity index (χ1) is 13.0. The van der Waals surface area contributed by atoms with Crippen LogP contribution in [-0.4, -0.2) is 15.9 Å². The van der Waals surface area contributed by atoms with E-state index in [0.717, 1.165) is 27.9 Å². The summed E-state index contributed by atoms with van der Waals surface area (Å²) in [5.41, 5.74) is 6.93. The molecule has 4 aromatic rings. The lowest BCUT2D eigenvalue weighted by molar-refractivity contribution is 0.102. The molecule has 0 aliphatic carbocycles. The fourth-order valence-corrected chi connectivity index (χ4v) is 2.88. The molecule has 0 saturated carbocycles. The molecule has 0 aliphatic rings. The van der Waals surface area contributed by atoms with Crippen molar-refractivity contribution in [3.63, 3.8) is 0 Å². The number of benzene rings is 2. The van der Waals surface area contributed by atoms with Crippen molar-refractivity contribution < 1.29 is 9.21 Å². The van der Waals surface area contributed by atoms with Gasteiger partial charge in [-0.3, -0.25) is 9.78 Å². The number of carbonyl (C=O) groups excluding carboxylic acids is 1. The molecule has 0 bridgehead atoms. The molecule has 0 unspecified atom stereocenters. The number of nitrogens with one attached hydrogen (secondary N) is 1. The van der Waals surface area contributed by atoms with Crippen LogP contribution >= 0.6 is 0 Å². The van der Waals surface area contributed by atoms with Gasteiger partial charge in [0.2, 0.25) is 5.89 Å². The van der Waals surface area contributed by atoms with Crippen molar-refractivity contribution in [3.05, 3.63) is 77.1 Å². The van der Waals surface area contributed by atoms with E-state index in [2.05, 4.69) is 29.1 Å². The first-order valence-corrected chi connectivity index (χ1v) is 8.71. The Bertz CT molecular complexity index is 1110. The van der Waals surface area contributed by atoms with Crippen molar-refractivity contribution in [2.45, 2.75) is 20.8 Å². The van der Waals surface area contributed by atoms with E-state index < -0.39 is 0 Å².